The summed E-state index contributed by atoms with van der Waals surface area (Å²) in [5.74, 6) is 0.241. The number of nitrogens with zero attached hydrogens (tertiary/aromatic N) is 2. The van der Waals surface area contributed by atoms with Gasteiger partial charge in [-0.3, -0.25) is 10.1 Å². The van der Waals surface area contributed by atoms with Crippen LogP contribution in [0.1, 0.15) is 32.4 Å². The van der Waals surface area contributed by atoms with Gasteiger partial charge in [-0.05, 0) is 25.7 Å². The first-order chi connectivity index (χ1) is 10.1. The van der Waals surface area contributed by atoms with Crippen molar-refractivity contribution in [2.75, 3.05) is 25.0 Å². The summed E-state index contributed by atoms with van der Waals surface area (Å²) < 4.78 is 4.87. The molecule has 2 rings (SSSR count). The van der Waals surface area contributed by atoms with Crippen molar-refractivity contribution in [2.45, 2.75) is 33.1 Å². The topological polar surface area (TPSA) is 71.5 Å². The van der Waals surface area contributed by atoms with Gasteiger partial charge in [0.2, 0.25) is 0 Å². The van der Waals surface area contributed by atoms with Gasteiger partial charge >= 0.3 is 12.0 Å². The van der Waals surface area contributed by atoms with Crippen LogP contribution in [0.3, 0.4) is 0 Å². The highest BCUT2D eigenvalue weighted by Crippen LogP contribution is 2.19. The van der Waals surface area contributed by atoms with E-state index in [4.69, 9.17) is 4.74 Å². The molecular weight excluding hydrogens is 290 g/mol. The Kier molecular flexibility index (Phi) is 5.55. The largest absolute Gasteiger partial charge is 0.466 e. The molecule has 1 atom stereocenters. The molecule has 2 amide bonds. The van der Waals surface area contributed by atoms with E-state index >= 15 is 0 Å². The Hall–Kier alpha value is -1.63. The standard InChI is InChI=1S/C14H21N3O3S/c1-3-20-12(18)7-11-9-21-13(15-11)16-14(19)17-6-4-5-10(2)8-17/h9-10H,3-8H2,1-2H3,(H,15,16,19). The van der Waals surface area contributed by atoms with E-state index in [0.29, 0.717) is 23.4 Å². The van der Waals surface area contributed by atoms with Gasteiger partial charge in [-0.1, -0.05) is 6.92 Å². The summed E-state index contributed by atoms with van der Waals surface area (Å²) in [6.07, 6.45) is 2.35. The predicted molar refractivity (Wildman–Crippen MR) is 81.4 cm³/mol. The van der Waals surface area contributed by atoms with Crippen molar-refractivity contribution in [3.63, 3.8) is 0 Å². The Balaban J connectivity index is 1.86. The lowest BCUT2D eigenvalue weighted by Gasteiger charge is -2.30. The normalized spacial score (nSPS) is 18.4. The van der Waals surface area contributed by atoms with Crippen LogP contribution < -0.4 is 5.32 Å². The molecule has 116 valence electrons. The number of ether oxygens (including phenoxy) is 1. The molecule has 1 aromatic rings. The molecule has 7 heteroatoms. The number of carbonyl (C=O) groups is 2. The second-order valence-corrected chi connectivity index (χ2v) is 6.11. The molecule has 0 bridgehead atoms. The number of esters is 1. The van der Waals surface area contributed by atoms with Crippen LogP contribution in [-0.2, 0) is 16.0 Å². The molecule has 0 aromatic carbocycles. The van der Waals surface area contributed by atoms with E-state index in [-0.39, 0.29) is 18.4 Å². The number of nitrogens with one attached hydrogen (secondary N) is 1. The van der Waals surface area contributed by atoms with E-state index < -0.39 is 0 Å². The maximum Gasteiger partial charge on any atom is 0.323 e. The second-order valence-electron chi connectivity index (χ2n) is 5.25. The minimum absolute atomic E-state index is 0.112. The number of hydrogen-bond acceptors (Lipinski definition) is 5. The van der Waals surface area contributed by atoms with Crippen LogP contribution in [0.25, 0.3) is 0 Å². The summed E-state index contributed by atoms with van der Waals surface area (Å²) >= 11 is 1.33. The minimum atomic E-state index is -0.300. The lowest BCUT2D eigenvalue weighted by molar-refractivity contribution is -0.142. The number of thiazole rings is 1. The molecular formula is C14H21N3O3S. The Morgan fingerprint density at radius 1 is 1.57 bits per heavy atom. The van der Waals surface area contributed by atoms with Gasteiger partial charge in [-0.25, -0.2) is 9.78 Å². The molecule has 0 radical (unpaired) electrons. The summed E-state index contributed by atoms with van der Waals surface area (Å²) in [5, 5.41) is 5.09. The number of hydrogen-bond donors (Lipinski definition) is 1. The Bertz CT molecular complexity index is 503. The lowest BCUT2D eigenvalue weighted by Crippen LogP contribution is -2.41. The molecule has 21 heavy (non-hydrogen) atoms. The third-order valence-corrected chi connectivity index (χ3v) is 4.15. The zero-order chi connectivity index (χ0) is 15.2. The first kappa shape index (κ1) is 15.8. The molecule has 2 heterocycles. The first-order valence-corrected chi connectivity index (χ1v) is 8.12. The third kappa shape index (κ3) is 4.70. The maximum atomic E-state index is 12.1. The molecule has 0 spiro atoms. The average Bonchev–Trinajstić information content (AvgIpc) is 2.86. The monoisotopic (exact) mass is 311 g/mol. The average molecular weight is 311 g/mol. The van der Waals surface area contributed by atoms with Crippen LogP contribution in [0.2, 0.25) is 0 Å². The molecule has 1 aliphatic rings. The Morgan fingerprint density at radius 2 is 2.38 bits per heavy atom. The van der Waals surface area contributed by atoms with Crippen molar-refractivity contribution in [1.29, 1.82) is 0 Å². The van der Waals surface area contributed by atoms with Gasteiger partial charge in [0.05, 0.1) is 18.7 Å². The van der Waals surface area contributed by atoms with Crippen molar-refractivity contribution in [3.05, 3.63) is 11.1 Å². The number of aromatic nitrogens is 1. The number of urea groups is 1. The minimum Gasteiger partial charge on any atom is -0.466 e. The van der Waals surface area contributed by atoms with Crippen molar-refractivity contribution >= 4 is 28.5 Å². The smallest absolute Gasteiger partial charge is 0.323 e. The molecule has 1 saturated heterocycles. The van der Waals surface area contributed by atoms with E-state index in [9.17, 15) is 9.59 Å². The summed E-state index contributed by atoms with van der Waals surface area (Å²) in [6, 6.07) is -0.112. The molecule has 6 nitrogen and oxygen atoms in total. The molecule has 1 aromatic heterocycles. The molecule has 1 fully saturated rings. The number of rotatable bonds is 4. The van der Waals surface area contributed by atoms with E-state index in [1.165, 1.54) is 17.8 Å². The SMILES string of the molecule is CCOC(=O)Cc1csc(NC(=O)N2CCCC(C)C2)n1. The highest BCUT2D eigenvalue weighted by molar-refractivity contribution is 7.13. The van der Waals surface area contributed by atoms with E-state index in [1.54, 1.807) is 12.3 Å². The fourth-order valence-corrected chi connectivity index (χ4v) is 3.05. The van der Waals surface area contributed by atoms with E-state index in [0.717, 1.165) is 19.5 Å². The number of amides is 2. The molecule has 1 N–H and O–H groups in total. The fraction of sp³-hybridized carbons (Fsp3) is 0.643. The van der Waals surface area contributed by atoms with Gasteiger partial charge in [0.15, 0.2) is 5.13 Å². The van der Waals surface area contributed by atoms with Gasteiger partial charge < -0.3 is 9.64 Å². The molecule has 1 aliphatic heterocycles. The quantitative estimate of drug-likeness (QED) is 0.867. The zero-order valence-electron chi connectivity index (χ0n) is 12.4. The van der Waals surface area contributed by atoms with Crippen molar-refractivity contribution in [3.8, 4) is 0 Å². The number of carbonyl (C=O) groups excluding carboxylic acids is 2. The van der Waals surface area contributed by atoms with Crippen molar-refractivity contribution in [1.82, 2.24) is 9.88 Å². The van der Waals surface area contributed by atoms with E-state index in [2.05, 4.69) is 17.2 Å². The number of anilines is 1. The van der Waals surface area contributed by atoms with Crippen LogP contribution in [0.15, 0.2) is 5.38 Å². The van der Waals surface area contributed by atoms with Crippen LogP contribution in [0.5, 0.6) is 0 Å². The number of likely N-dealkylation sites (tertiary alicyclic amines) is 1. The Labute approximate surface area is 128 Å². The lowest BCUT2D eigenvalue weighted by atomic mass is 10.0. The summed E-state index contributed by atoms with van der Waals surface area (Å²) in [5.41, 5.74) is 0.626. The summed E-state index contributed by atoms with van der Waals surface area (Å²) in [6.45, 7) is 5.86. The van der Waals surface area contributed by atoms with Gasteiger partial charge in [0.25, 0.3) is 0 Å². The van der Waals surface area contributed by atoms with Gasteiger partial charge in [0, 0.05) is 18.5 Å². The number of piperidine rings is 1. The highest BCUT2D eigenvalue weighted by Gasteiger charge is 2.21. The first-order valence-electron chi connectivity index (χ1n) is 7.24. The molecule has 0 saturated carbocycles. The van der Waals surface area contributed by atoms with Crippen molar-refractivity contribution in [2.24, 2.45) is 5.92 Å². The predicted octanol–water partition coefficient (Wildman–Crippen LogP) is 2.51. The van der Waals surface area contributed by atoms with E-state index in [1.807, 2.05) is 4.90 Å². The van der Waals surface area contributed by atoms with Crippen LogP contribution in [-0.4, -0.2) is 41.6 Å². The third-order valence-electron chi connectivity index (χ3n) is 3.34. The van der Waals surface area contributed by atoms with Crippen LogP contribution in [0, 0.1) is 5.92 Å². The second kappa shape index (κ2) is 7.40. The van der Waals surface area contributed by atoms with Gasteiger partial charge in [0.1, 0.15) is 0 Å². The van der Waals surface area contributed by atoms with Gasteiger partial charge in [-0.2, -0.15) is 0 Å². The molecule has 0 aliphatic carbocycles. The highest BCUT2D eigenvalue weighted by atomic mass is 32.1. The van der Waals surface area contributed by atoms with Crippen LogP contribution in [0.4, 0.5) is 9.93 Å². The zero-order valence-corrected chi connectivity index (χ0v) is 13.2. The maximum absolute atomic E-state index is 12.1. The fourth-order valence-electron chi connectivity index (χ4n) is 2.35. The molecule has 1 unspecified atom stereocenters. The van der Waals surface area contributed by atoms with Gasteiger partial charge in [-0.15, -0.1) is 11.3 Å². The summed E-state index contributed by atoms with van der Waals surface area (Å²) in [7, 11) is 0. The Morgan fingerprint density at radius 3 is 3.10 bits per heavy atom. The summed E-state index contributed by atoms with van der Waals surface area (Å²) in [4.78, 5) is 29.6. The van der Waals surface area contributed by atoms with Crippen LogP contribution >= 0.6 is 11.3 Å². The van der Waals surface area contributed by atoms with Crippen molar-refractivity contribution < 1.29 is 14.3 Å².